The summed E-state index contributed by atoms with van der Waals surface area (Å²) in [4.78, 5) is 0. The zero-order valence-corrected chi connectivity index (χ0v) is 18.2. The van der Waals surface area contributed by atoms with Crippen LogP contribution in [0.3, 0.4) is 0 Å². The van der Waals surface area contributed by atoms with Gasteiger partial charge in [0.2, 0.25) is 10.0 Å². The molecule has 0 aromatic rings. The molecule has 6 nitrogen and oxygen atoms in total. The van der Waals surface area contributed by atoms with Crippen LogP contribution in [0, 0.1) is 0 Å². The van der Waals surface area contributed by atoms with Crippen molar-refractivity contribution in [3.05, 3.63) is 0 Å². The average molecular weight is 442 g/mol. The number of halogens is 3. The van der Waals surface area contributed by atoms with Crippen molar-refractivity contribution in [3.8, 4) is 0 Å². The molecule has 1 N–H and O–H groups in total. The molecule has 12 heteroatoms. The number of unbranched alkanes of at least 4 members (excludes halogenated alkanes) is 7. The monoisotopic (exact) mass is 441 g/mol. The highest BCUT2D eigenvalue weighted by Gasteiger charge is 2.48. The van der Waals surface area contributed by atoms with Crippen molar-refractivity contribution in [2.75, 3.05) is 12.9 Å². The van der Waals surface area contributed by atoms with Gasteiger partial charge in [-0.1, -0.05) is 44.9 Å². The first kappa shape index (κ1) is 25.8. The third-order valence-electron chi connectivity index (χ3n) is 4.04. The molecule has 0 aliphatic rings. The molecule has 26 heavy (non-hydrogen) atoms. The SMILES string of the molecule is CO[Si](C)(C)CCCCCCCCCCS(=O)(=O)NS(=O)(=O)C(F)(F)F. The van der Waals surface area contributed by atoms with Crippen molar-refractivity contribution in [2.24, 2.45) is 0 Å². The molecule has 0 aromatic heterocycles. The van der Waals surface area contributed by atoms with Gasteiger partial charge in [0.15, 0.2) is 8.32 Å². The number of nitrogens with one attached hydrogen (secondary N) is 1. The maximum absolute atomic E-state index is 12.1. The topological polar surface area (TPSA) is 89.5 Å². The lowest BCUT2D eigenvalue weighted by atomic mass is 10.1. The third-order valence-corrected chi connectivity index (χ3v) is 10.0. The van der Waals surface area contributed by atoms with Crippen LogP contribution in [-0.2, 0) is 24.5 Å². The van der Waals surface area contributed by atoms with Gasteiger partial charge in [-0.2, -0.15) is 13.2 Å². The molecule has 0 aromatic carbocycles. The van der Waals surface area contributed by atoms with E-state index >= 15 is 0 Å². The quantitative estimate of drug-likeness (QED) is 0.328. The second kappa shape index (κ2) is 11.0. The summed E-state index contributed by atoms with van der Waals surface area (Å²) >= 11 is 0. The van der Waals surface area contributed by atoms with E-state index in [1.54, 1.807) is 7.11 Å². The van der Waals surface area contributed by atoms with Gasteiger partial charge in [0.25, 0.3) is 0 Å². The first-order valence-electron chi connectivity index (χ1n) is 8.60. The minimum Gasteiger partial charge on any atom is -0.420 e. The zero-order valence-electron chi connectivity index (χ0n) is 15.6. The molecular formula is C14H30F3NO5S2Si. The maximum atomic E-state index is 12.1. The Hall–Kier alpha value is -0.173. The van der Waals surface area contributed by atoms with Crippen molar-refractivity contribution in [1.29, 1.82) is 0 Å². The largest absolute Gasteiger partial charge is 0.512 e. The van der Waals surface area contributed by atoms with Gasteiger partial charge in [0.05, 0.1) is 5.75 Å². The van der Waals surface area contributed by atoms with E-state index in [1.807, 2.05) is 0 Å². The molecule has 0 spiro atoms. The maximum Gasteiger partial charge on any atom is 0.512 e. The van der Waals surface area contributed by atoms with Crippen molar-refractivity contribution < 1.29 is 34.4 Å². The second-order valence-electron chi connectivity index (χ2n) is 6.89. The molecule has 0 fully saturated rings. The van der Waals surface area contributed by atoms with Gasteiger partial charge in [-0.15, -0.1) is 4.13 Å². The molecule has 0 radical (unpaired) electrons. The van der Waals surface area contributed by atoms with Crippen LogP contribution in [0.25, 0.3) is 0 Å². The Labute approximate surface area is 156 Å². The van der Waals surface area contributed by atoms with Crippen molar-refractivity contribution in [2.45, 2.75) is 76.0 Å². The molecule has 0 heterocycles. The predicted molar refractivity (Wildman–Crippen MR) is 98.1 cm³/mol. The second-order valence-corrected chi connectivity index (χ2v) is 15.1. The van der Waals surface area contributed by atoms with E-state index < -0.39 is 39.6 Å². The number of sulfonamides is 2. The van der Waals surface area contributed by atoms with E-state index in [9.17, 15) is 30.0 Å². The van der Waals surface area contributed by atoms with Crippen LogP contribution in [0.4, 0.5) is 13.2 Å². The molecule has 0 amide bonds. The van der Waals surface area contributed by atoms with E-state index in [1.165, 1.54) is 0 Å². The molecule has 0 saturated carbocycles. The molecule has 0 aliphatic heterocycles. The lowest BCUT2D eigenvalue weighted by Gasteiger charge is -2.19. The van der Waals surface area contributed by atoms with Crippen LogP contribution in [0.15, 0.2) is 0 Å². The lowest BCUT2D eigenvalue weighted by Crippen LogP contribution is -2.41. The van der Waals surface area contributed by atoms with Gasteiger partial charge >= 0.3 is 15.5 Å². The minimum atomic E-state index is -5.87. The van der Waals surface area contributed by atoms with Crippen molar-refractivity contribution >= 4 is 28.4 Å². The Morgan fingerprint density at radius 2 is 1.27 bits per heavy atom. The fourth-order valence-corrected chi connectivity index (χ4v) is 6.20. The summed E-state index contributed by atoms with van der Waals surface area (Å²) in [6.07, 6.45) is 6.67. The van der Waals surface area contributed by atoms with Crippen LogP contribution in [0.5, 0.6) is 0 Å². The summed E-state index contributed by atoms with van der Waals surface area (Å²) in [5, 5.41) is 0. The predicted octanol–water partition coefficient (Wildman–Crippen LogP) is 3.73. The van der Waals surface area contributed by atoms with Crippen LogP contribution in [-0.4, -0.2) is 43.5 Å². The van der Waals surface area contributed by atoms with Gasteiger partial charge in [0, 0.05) is 7.11 Å². The van der Waals surface area contributed by atoms with E-state index in [4.69, 9.17) is 4.43 Å². The first-order chi connectivity index (χ1) is 11.7. The molecular weight excluding hydrogens is 411 g/mol. The number of rotatable bonds is 14. The van der Waals surface area contributed by atoms with Gasteiger partial charge in [0.1, 0.15) is 0 Å². The number of hydrogen-bond donors (Lipinski definition) is 1. The van der Waals surface area contributed by atoms with Gasteiger partial charge in [-0.3, -0.25) is 0 Å². The third kappa shape index (κ3) is 11.5. The molecule has 0 atom stereocenters. The molecule has 158 valence electrons. The van der Waals surface area contributed by atoms with Gasteiger partial charge in [-0.05, 0) is 25.6 Å². The first-order valence-corrected chi connectivity index (χ1v) is 14.9. The van der Waals surface area contributed by atoms with Crippen molar-refractivity contribution in [1.82, 2.24) is 4.13 Å². The van der Waals surface area contributed by atoms with E-state index in [0.29, 0.717) is 6.42 Å². The molecule has 0 unspecified atom stereocenters. The summed E-state index contributed by atoms with van der Waals surface area (Å²) in [5.74, 6) is -0.640. The number of hydrogen-bond acceptors (Lipinski definition) is 5. The Bertz CT molecular complexity index is 607. The molecule has 0 rings (SSSR count). The standard InChI is InChI=1S/C14H30F3NO5S2Si/c1-23-26(2,3)13-11-9-7-5-4-6-8-10-12-24(19,20)18-25(21,22)14(15,16)17/h18H,4-13H2,1-3H3. The Kier molecular flexibility index (Phi) is 10.9. The van der Waals surface area contributed by atoms with E-state index in [0.717, 1.165) is 48.7 Å². The lowest BCUT2D eigenvalue weighted by molar-refractivity contribution is -0.0441. The van der Waals surface area contributed by atoms with Crippen LogP contribution in [0.2, 0.25) is 19.1 Å². The summed E-state index contributed by atoms with van der Waals surface area (Å²) < 4.78 is 87.0. The summed E-state index contributed by atoms with van der Waals surface area (Å²) in [7, 11) is -10.1. The summed E-state index contributed by atoms with van der Waals surface area (Å²) in [6, 6.07) is 1.12. The van der Waals surface area contributed by atoms with Gasteiger partial charge < -0.3 is 4.43 Å². The van der Waals surface area contributed by atoms with Crippen LogP contribution >= 0.6 is 0 Å². The normalized spacial score (nSPS) is 13.9. The fraction of sp³-hybridized carbons (Fsp3) is 1.00. The van der Waals surface area contributed by atoms with E-state index in [-0.39, 0.29) is 6.42 Å². The summed E-state index contributed by atoms with van der Waals surface area (Å²) in [6.45, 7) is 4.35. The average Bonchev–Trinajstić information content (AvgIpc) is 2.46. The van der Waals surface area contributed by atoms with Crippen LogP contribution in [0.1, 0.15) is 51.4 Å². The fourth-order valence-electron chi connectivity index (χ4n) is 2.26. The molecule has 0 saturated heterocycles. The molecule has 0 bridgehead atoms. The highest BCUT2D eigenvalue weighted by molar-refractivity contribution is 8.05. The Balaban J connectivity index is 3.81. The highest BCUT2D eigenvalue weighted by Crippen LogP contribution is 2.22. The zero-order chi connectivity index (χ0) is 20.5. The Morgan fingerprint density at radius 1 is 0.846 bits per heavy atom. The van der Waals surface area contributed by atoms with Gasteiger partial charge in [-0.25, -0.2) is 16.8 Å². The molecule has 0 aliphatic carbocycles. The highest BCUT2D eigenvalue weighted by atomic mass is 32.3. The number of alkyl halides is 3. The van der Waals surface area contributed by atoms with Crippen molar-refractivity contribution in [3.63, 3.8) is 0 Å². The summed E-state index contributed by atoms with van der Waals surface area (Å²) in [5.41, 5.74) is -5.64. The smallest absolute Gasteiger partial charge is 0.420 e. The minimum absolute atomic E-state index is 0.121. The van der Waals surface area contributed by atoms with E-state index in [2.05, 4.69) is 13.1 Å². The Morgan fingerprint density at radius 3 is 1.69 bits per heavy atom. The van der Waals surface area contributed by atoms with Crippen LogP contribution < -0.4 is 4.13 Å².